The number of nitrogens with zero attached hydrogens (tertiary/aromatic N) is 3. The van der Waals surface area contributed by atoms with E-state index in [2.05, 4.69) is 4.99 Å². The third-order valence-electron chi connectivity index (χ3n) is 6.04. The van der Waals surface area contributed by atoms with E-state index in [1.54, 1.807) is 30.1 Å². The number of amides is 1. The van der Waals surface area contributed by atoms with Crippen LogP contribution in [0.3, 0.4) is 0 Å². The maximum Gasteiger partial charge on any atom is 0.338 e. The molecule has 10 heteroatoms. The smallest absolute Gasteiger partial charge is 0.338 e. The molecular weight excluding hydrogens is 474 g/mol. The first-order valence-corrected chi connectivity index (χ1v) is 13.3. The lowest BCUT2D eigenvalue weighted by atomic mass is 9.97. The molecule has 4 rings (SSSR count). The Morgan fingerprint density at radius 1 is 1.21 bits per heavy atom. The largest absolute Gasteiger partial charge is 0.466 e. The minimum Gasteiger partial charge on any atom is -0.466 e. The molecule has 1 aromatic rings. The molecule has 0 bridgehead atoms. The van der Waals surface area contributed by atoms with Gasteiger partial charge in [-0.25, -0.2) is 9.79 Å². The number of esters is 2. The molecule has 0 aliphatic carbocycles. The Labute approximate surface area is 207 Å². The number of hydrogen-bond acceptors (Lipinski definition) is 9. The molecule has 0 N–H and O–H groups in total. The molecule has 0 unspecified atom stereocenters. The molecule has 1 saturated heterocycles. The Kier molecular flexibility index (Phi) is 7.77. The van der Waals surface area contributed by atoms with Crippen molar-refractivity contribution in [3.8, 4) is 0 Å². The molecule has 4 heterocycles. The first-order valence-electron chi connectivity index (χ1n) is 11.5. The summed E-state index contributed by atoms with van der Waals surface area (Å²) in [6, 6.07) is 3.54. The Morgan fingerprint density at radius 2 is 2.00 bits per heavy atom. The maximum absolute atomic E-state index is 13.3. The molecule has 0 radical (unpaired) electrons. The van der Waals surface area contributed by atoms with Crippen LogP contribution in [0.5, 0.6) is 0 Å². The predicted octanol–water partition coefficient (Wildman–Crippen LogP) is 4.08. The van der Waals surface area contributed by atoms with Gasteiger partial charge in [-0.3, -0.25) is 9.59 Å². The molecule has 182 valence electrons. The standard InChI is InChI=1S/C24H29N3O5S2/c1-4-31-22(29)16-8-6-10-26(13-16)19(28)12-17-14-34-24-25-15(3)20(23(30)32-5-2)21(27(17)24)18-9-7-11-33-18/h7,9,11,14,16,21H,4-6,8,10,12-13H2,1-3H3/t16-,21-/m1/s1. The number of carbonyl (C=O) groups is 3. The molecule has 34 heavy (non-hydrogen) atoms. The van der Waals surface area contributed by atoms with Crippen LogP contribution in [-0.2, 0) is 23.9 Å². The van der Waals surface area contributed by atoms with Gasteiger partial charge in [0.2, 0.25) is 5.91 Å². The quantitative estimate of drug-likeness (QED) is 0.518. The van der Waals surface area contributed by atoms with E-state index in [0.717, 1.165) is 28.6 Å². The van der Waals surface area contributed by atoms with Crippen molar-refractivity contribution in [3.05, 3.63) is 44.8 Å². The third-order valence-corrected chi connectivity index (χ3v) is 7.85. The van der Waals surface area contributed by atoms with Crippen LogP contribution in [0, 0.1) is 5.92 Å². The van der Waals surface area contributed by atoms with Gasteiger partial charge in [0, 0.05) is 23.7 Å². The van der Waals surface area contributed by atoms with Crippen molar-refractivity contribution in [1.82, 2.24) is 9.80 Å². The predicted molar refractivity (Wildman–Crippen MR) is 132 cm³/mol. The van der Waals surface area contributed by atoms with Crippen molar-refractivity contribution in [2.24, 2.45) is 10.9 Å². The van der Waals surface area contributed by atoms with Crippen molar-refractivity contribution >= 4 is 46.1 Å². The highest BCUT2D eigenvalue weighted by atomic mass is 32.2. The summed E-state index contributed by atoms with van der Waals surface area (Å²) < 4.78 is 10.5. The van der Waals surface area contributed by atoms with Gasteiger partial charge in [0.1, 0.15) is 6.04 Å². The fourth-order valence-electron chi connectivity index (χ4n) is 4.48. The average molecular weight is 504 g/mol. The number of amidine groups is 1. The number of rotatable bonds is 7. The number of allylic oxidation sites excluding steroid dienone is 1. The number of piperidine rings is 1. The summed E-state index contributed by atoms with van der Waals surface area (Å²) in [4.78, 5) is 47.8. The number of hydrogen-bond donors (Lipinski definition) is 0. The van der Waals surface area contributed by atoms with E-state index >= 15 is 0 Å². The summed E-state index contributed by atoms with van der Waals surface area (Å²) in [5, 5.41) is 4.65. The average Bonchev–Trinajstić information content (AvgIpc) is 3.49. The Morgan fingerprint density at radius 3 is 2.71 bits per heavy atom. The summed E-state index contributed by atoms with van der Waals surface area (Å²) >= 11 is 3.01. The Balaban J connectivity index is 1.56. The molecule has 1 aromatic heterocycles. The number of thiophene rings is 1. The summed E-state index contributed by atoms with van der Waals surface area (Å²) in [6.45, 7) is 7.00. The maximum atomic E-state index is 13.3. The lowest BCUT2D eigenvalue weighted by Gasteiger charge is -2.36. The zero-order chi connectivity index (χ0) is 24.2. The van der Waals surface area contributed by atoms with Crippen molar-refractivity contribution in [2.75, 3.05) is 26.3 Å². The number of thioether (sulfide) groups is 1. The molecule has 1 amide bonds. The Hall–Kier alpha value is -2.59. The van der Waals surface area contributed by atoms with Gasteiger partial charge < -0.3 is 19.3 Å². The second-order valence-corrected chi connectivity index (χ2v) is 10.1. The molecular formula is C24H29N3O5S2. The zero-order valence-electron chi connectivity index (χ0n) is 19.6. The van der Waals surface area contributed by atoms with E-state index in [0.29, 0.717) is 31.0 Å². The monoisotopic (exact) mass is 503 g/mol. The minimum atomic E-state index is -0.394. The normalized spacial score (nSPS) is 22.2. The molecule has 0 aromatic carbocycles. The number of fused-ring (bicyclic) bond motifs is 1. The van der Waals surface area contributed by atoms with Gasteiger partial charge in [0.15, 0.2) is 5.17 Å². The van der Waals surface area contributed by atoms with E-state index in [9.17, 15) is 14.4 Å². The highest BCUT2D eigenvalue weighted by Gasteiger charge is 2.42. The van der Waals surface area contributed by atoms with E-state index in [1.165, 1.54) is 11.8 Å². The van der Waals surface area contributed by atoms with E-state index < -0.39 is 12.0 Å². The first-order chi connectivity index (χ1) is 16.4. The lowest BCUT2D eigenvalue weighted by molar-refractivity contribution is -0.151. The first kappa shape index (κ1) is 24.5. The van der Waals surface area contributed by atoms with Crippen LogP contribution in [0.2, 0.25) is 0 Å². The zero-order valence-corrected chi connectivity index (χ0v) is 21.2. The third kappa shape index (κ3) is 4.93. The molecule has 3 aliphatic rings. The summed E-state index contributed by atoms with van der Waals surface area (Å²) in [7, 11) is 0. The van der Waals surface area contributed by atoms with Crippen LogP contribution in [-0.4, -0.2) is 59.1 Å². The summed E-state index contributed by atoms with van der Waals surface area (Å²) in [5.41, 5.74) is 1.92. The second-order valence-electron chi connectivity index (χ2n) is 8.24. The van der Waals surface area contributed by atoms with Gasteiger partial charge in [-0.15, -0.1) is 11.3 Å². The topological polar surface area (TPSA) is 88.5 Å². The molecule has 0 saturated carbocycles. The SMILES string of the molecule is CCOC(=O)C1=C(C)N=C2SC=C(CC(=O)N3CCC[C@@H](C(=O)OCC)C3)N2[C@@H]1c1cccs1. The molecule has 2 atom stereocenters. The van der Waals surface area contributed by atoms with Gasteiger partial charge >= 0.3 is 11.9 Å². The van der Waals surface area contributed by atoms with Crippen LogP contribution >= 0.6 is 23.1 Å². The number of ether oxygens (including phenoxy) is 2. The van der Waals surface area contributed by atoms with Crippen molar-refractivity contribution in [1.29, 1.82) is 0 Å². The van der Waals surface area contributed by atoms with E-state index in [-0.39, 0.29) is 30.8 Å². The molecule has 0 spiro atoms. The van der Waals surface area contributed by atoms with Crippen LogP contribution in [0.1, 0.15) is 51.0 Å². The van der Waals surface area contributed by atoms with Gasteiger partial charge in [0.25, 0.3) is 0 Å². The highest BCUT2D eigenvalue weighted by Crippen LogP contribution is 2.46. The van der Waals surface area contributed by atoms with E-state index in [1.807, 2.05) is 34.7 Å². The molecule has 8 nitrogen and oxygen atoms in total. The van der Waals surface area contributed by atoms with Crippen LogP contribution in [0.4, 0.5) is 0 Å². The Bertz CT molecular complexity index is 1050. The van der Waals surface area contributed by atoms with Crippen molar-refractivity contribution < 1.29 is 23.9 Å². The van der Waals surface area contributed by atoms with Crippen LogP contribution in [0.15, 0.2) is 44.9 Å². The van der Waals surface area contributed by atoms with Crippen molar-refractivity contribution in [2.45, 2.75) is 46.1 Å². The fourth-order valence-corrected chi connectivity index (χ4v) is 6.27. The summed E-state index contributed by atoms with van der Waals surface area (Å²) in [6.07, 6.45) is 1.67. The molecule has 1 fully saturated rings. The van der Waals surface area contributed by atoms with Crippen LogP contribution < -0.4 is 0 Å². The van der Waals surface area contributed by atoms with E-state index in [4.69, 9.17) is 9.47 Å². The second kappa shape index (κ2) is 10.8. The minimum absolute atomic E-state index is 0.0454. The van der Waals surface area contributed by atoms with Crippen molar-refractivity contribution in [3.63, 3.8) is 0 Å². The number of aliphatic imine (C=N–C) groups is 1. The number of likely N-dealkylation sites (tertiary alicyclic amines) is 1. The van der Waals surface area contributed by atoms with Gasteiger partial charge in [-0.1, -0.05) is 17.8 Å². The van der Waals surface area contributed by atoms with Gasteiger partial charge in [-0.05, 0) is 50.5 Å². The highest BCUT2D eigenvalue weighted by molar-refractivity contribution is 8.16. The van der Waals surface area contributed by atoms with Gasteiger partial charge in [0.05, 0.1) is 36.8 Å². The summed E-state index contributed by atoms with van der Waals surface area (Å²) in [5.74, 6) is -0.955. The van der Waals surface area contributed by atoms with Crippen LogP contribution in [0.25, 0.3) is 0 Å². The fraction of sp³-hybridized carbons (Fsp3) is 0.500. The number of carbonyl (C=O) groups excluding carboxylic acids is 3. The van der Waals surface area contributed by atoms with Gasteiger partial charge in [-0.2, -0.15) is 0 Å². The lowest BCUT2D eigenvalue weighted by Crippen LogP contribution is -2.44. The molecule has 3 aliphatic heterocycles.